The maximum absolute atomic E-state index is 12.2. The predicted octanol–water partition coefficient (Wildman–Crippen LogP) is 2.86. The van der Waals surface area contributed by atoms with Crippen LogP contribution in [0.15, 0.2) is 30.3 Å². The molecule has 1 aliphatic rings. The zero-order chi connectivity index (χ0) is 15.6. The number of benzene rings is 1. The number of hydrogen-bond donors (Lipinski definition) is 1. The number of rotatable bonds is 2. The molecule has 0 unspecified atom stereocenters. The van der Waals surface area contributed by atoms with Crippen LogP contribution in [0.25, 0.3) is 0 Å². The molecule has 0 spiro atoms. The molecule has 0 aromatic heterocycles. The highest BCUT2D eigenvalue weighted by Crippen LogP contribution is 2.34. The predicted molar refractivity (Wildman–Crippen MR) is 78.2 cm³/mol. The topological polar surface area (TPSA) is 66.8 Å². The van der Waals surface area contributed by atoms with E-state index in [0.29, 0.717) is 13.0 Å². The van der Waals surface area contributed by atoms with Gasteiger partial charge in [-0.2, -0.15) is 0 Å². The molecule has 0 aliphatic carbocycles. The van der Waals surface area contributed by atoms with Crippen molar-refractivity contribution in [3.8, 4) is 0 Å². The Morgan fingerprint density at radius 2 is 1.86 bits per heavy atom. The van der Waals surface area contributed by atoms with Crippen LogP contribution in [0.1, 0.15) is 38.7 Å². The minimum Gasteiger partial charge on any atom is -0.480 e. The van der Waals surface area contributed by atoms with Crippen molar-refractivity contribution in [1.82, 2.24) is 4.90 Å². The number of carboxylic acids is 1. The molecule has 2 rings (SSSR count). The molecule has 1 aliphatic heterocycles. The van der Waals surface area contributed by atoms with Crippen LogP contribution in [0.4, 0.5) is 4.79 Å². The lowest BCUT2D eigenvalue weighted by atomic mass is 9.92. The van der Waals surface area contributed by atoms with Crippen molar-refractivity contribution >= 4 is 12.1 Å². The van der Waals surface area contributed by atoms with Gasteiger partial charge in [-0.1, -0.05) is 30.3 Å². The van der Waals surface area contributed by atoms with Gasteiger partial charge in [0.05, 0.1) is 0 Å². The summed E-state index contributed by atoms with van der Waals surface area (Å²) < 4.78 is 5.31. The van der Waals surface area contributed by atoms with Crippen LogP contribution in [0, 0.1) is 0 Å². The quantitative estimate of drug-likeness (QED) is 0.909. The Balaban J connectivity index is 2.22. The van der Waals surface area contributed by atoms with Gasteiger partial charge < -0.3 is 9.84 Å². The number of carbonyl (C=O) groups excluding carboxylic acids is 1. The van der Waals surface area contributed by atoms with E-state index in [9.17, 15) is 14.7 Å². The standard InChI is InChI=1S/C16H21NO4/c1-16(2,3)21-15(20)17-10-9-12(13(17)14(18)19)11-7-5-4-6-8-11/h4-8,12-13H,9-10H2,1-3H3,(H,18,19)/t12-,13+/m1/s1. The normalized spacial score (nSPS) is 22.1. The molecule has 1 fully saturated rings. The highest BCUT2D eigenvalue weighted by molar-refractivity contribution is 5.82. The number of carboxylic acid groups (broad SMARTS) is 1. The third-order valence-corrected chi connectivity index (χ3v) is 3.51. The second kappa shape index (κ2) is 5.76. The van der Waals surface area contributed by atoms with Gasteiger partial charge in [0.1, 0.15) is 11.6 Å². The van der Waals surface area contributed by atoms with Gasteiger partial charge >= 0.3 is 12.1 Å². The van der Waals surface area contributed by atoms with Gasteiger partial charge in [0, 0.05) is 12.5 Å². The van der Waals surface area contributed by atoms with Crippen molar-refractivity contribution in [3.63, 3.8) is 0 Å². The minimum atomic E-state index is -0.993. The molecule has 1 heterocycles. The van der Waals surface area contributed by atoms with Crippen molar-refractivity contribution in [2.24, 2.45) is 0 Å². The van der Waals surface area contributed by atoms with E-state index in [1.54, 1.807) is 20.8 Å². The summed E-state index contributed by atoms with van der Waals surface area (Å²) in [7, 11) is 0. The molecule has 114 valence electrons. The van der Waals surface area contributed by atoms with Crippen LogP contribution >= 0.6 is 0 Å². The van der Waals surface area contributed by atoms with Gasteiger partial charge in [-0.3, -0.25) is 4.90 Å². The van der Waals surface area contributed by atoms with E-state index in [-0.39, 0.29) is 5.92 Å². The van der Waals surface area contributed by atoms with E-state index >= 15 is 0 Å². The van der Waals surface area contributed by atoms with Gasteiger partial charge in [0.25, 0.3) is 0 Å². The highest BCUT2D eigenvalue weighted by atomic mass is 16.6. The van der Waals surface area contributed by atoms with Crippen LogP contribution in [0.5, 0.6) is 0 Å². The van der Waals surface area contributed by atoms with Gasteiger partial charge in [0.15, 0.2) is 0 Å². The SMILES string of the molecule is CC(C)(C)OC(=O)N1CC[C@H](c2ccccc2)[C@H]1C(=O)O. The second-order valence-electron chi connectivity index (χ2n) is 6.26. The number of ether oxygens (including phenoxy) is 1. The van der Waals surface area contributed by atoms with Crippen LogP contribution in [0.3, 0.4) is 0 Å². The zero-order valence-electron chi connectivity index (χ0n) is 12.6. The Labute approximate surface area is 124 Å². The maximum Gasteiger partial charge on any atom is 0.411 e. The van der Waals surface area contributed by atoms with Crippen LogP contribution in [-0.2, 0) is 9.53 Å². The zero-order valence-corrected chi connectivity index (χ0v) is 12.6. The summed E-state index contributed by atoms with van der Waals surface area (Å²) in [5.74, 6) is -1.19. The molecule has 1 aromatic rings. The number of nitrogens with zero attached hydrogens (tertiary/aromatic N) is 1. The van der Waals surface area contributed by atoms with Gasteiger partial charge in [-0.15, -0.1) is 0 Å². The van der Waals surface area contributed by atoms with Gasteiger partial charge in [0.2, 0.25) is 0 Å². The molecule has 0 bridgehead atoms. The molecule has 1 saturated heterocycles. The summed E-state index contributed by atoms with van der Waals surface area (Å²) in [5, 5.41) is 9.51. The maximum atomic E-state index is 12.2. The van der Waals surface area contributed by atoms with Crippen molar-refractivity contribution in [1.29, 1.82) is 0 Å². The molecule has 1 amide bonds. The number of amides is 1. The van der Waals surface area contributed by atoms with E-state index in [1.807, 2.05) is 30.3 Å². The van der Waals surface area contributed by atoms with Crippen molar-refractivity contribution in [2.75, 3.05) is 6.54 Å². The highest BCUT2D eigenvalue weighted by Gasteiger charge is 2.44. The Hall–Kier alpha value is -2.04. The van der Waals surface area contributed by atoms with Crippen LogP contribution in [0.2, 0.25) is 0 Å². The summed E-state index contributed by atoms with van der Waals surface area (Å²) in [5.41, 5.74) is 0.307. The van der Waals surface area contributed by atoms with Crippen LogP contribution < -0.4 is 0 Å². The summed E-state index contributed by atoms with van der Waals surface area (Å²) in [6, 6.07) is 8.58. The summed E-state index contributed by atoms with van der Waals surface area (Å²) in [6.07, 6.45) is 0.0635. The lowest BCUT2D eigenvalue weighted by Crippen LogP contribution is -2.45. The average Bonchev–Trinajstić information content (AvgIpc) is 2.82. The Morgan fingerprint density at radius 1 is 1.24 bits per heavy atom. The second-order valence-corrected chi connectivity index (χ2v) is 6.26. The largest absolute Gasteiger partial charge is 0.480 e. The van der Waals surface area contributed by atoms with E-state index in [0.717, 1.165) is 5.56 Å². The molecule has 1 aromatic carbocycles. The molecule has 0 saturated carbocycles. The lowest BCUT2D eigenvalue weighted by molar-refractivity contribution is -0.142. The number of aliphatic carboxylic acids is 1. The smallest absolute Gasteiger partial charge is 0.411 e. The van der Waals surface area contributed by atoms with Crippen molar-refractivity contribution in [3.05, 3.63) is 35.9 Å². The Kier molecular flexibility index (Phi) is 4.21. The molecule has 5 nitrogen and oxygen atoms in total. The molecule has 5 heteroatoms. The van der Waals surface area contributed by atoms with E-state index in [4.69, 9.17) is 4.74 Å². The third kappa shape index (κ3) is 3.54. The fourth-order valence-electron chi connectivity index (χ4n) is 2.67. The number of carbonyl (C=O) groups is 2. The van der Waals surface area contributed by atoms with Gasteiger partial charge in [-0.25, -0.2) is 9.59 Å². The first-order valence-electron chi connectivity index (χ1n) is 7.07. The van der Waals surface area contributed by atoms with Crippen molar-refractivity contribution < 1.29 is 19.4 Å². The van der Waals surface area contributed by atoms with Crippen LogP contribution in [-0.4, -0.2) is 40.3 Å². The summed E-state index contributed by atoms with van der Waals surface area (Å²) >= 11 is 0. The first kappa shape index (κ1) is 15.4. The fraction of sp³-hybridized carbons (Fsp3) is 0.500. The molecule has 0 radical (unpaired) electrons. The van der Waals surface area contributed by atoms with Gasteiger partial charge in [-0.05, 0) is 32.8 Å². The number of hydrogen-bond acceptors (Lipinski definition) is 3. The Bertz CT molecular complexity index is 521. The molecular weight excluding hydrogens is 270 g/mol. The van der Waals surface area contributed by atoms with E-state index in [1.165, 1.54) is 4.90 Å². The molecule has 21 heavy (non-hydrogen) atoms. The van der Waals surface area contributed by atoms with E-state index in [2.05, 4.69) is 0 Å². The Morgan fingerprint density at radius 3 is 2.38 bits per heavy atom. The summed E-state index contributed by atoms with van der Waals surface area (Å²) in [6.45, 7) is 5.70. The molecule has 1 N–H and O–H groups in total. The minimum absolute atomic E-state index is 0.198. The fourth-order valence-corrected chi connectivity index (χ4v) is 2.67. The third-order valence-electron chi connectivity index (χ3n) is 3.51. The number of likely N-dealkylation sites (tertiary alicyclic amines) is 1. The molecule has 2 atom stereocenters. The monoisotopic (exact) mass is 291 g/mol. The average molecular weight is 291 g/mol. The first-order chi connectivity index (χ1) is 9.79. The van der Waals surface area contributed by atoms with Crippen molar-refractivity contribution in [2.45, 2.75) is 44.8 Å². The lowest BCUT2D eigenvalue weighted by Gasteiger charge is -2.28. The summed E-state index contributed by atoms with van der Waals surface area (Å²) in [4.78, 5) is 25.1. The first-order valence-corrected chi connectivity index (χ1v) is 7.07. The molecular formula is C16H21NO4. The van der Waals surface area contributed by atoms with E-state index < -0.39 is 23.7 Å².